The number of rotatable bonds is 6. The van der Waals surface area contributed by atoms with Gasteiger partial charge in [-0.25, -0.2) is 9.97 Å². The molecule has 0 amide bonds. The molecule has 1 atom stereocenters. The van der Waals surface area contributed by atoms with Crippen molar-refractivity contribution < 1.29 is 0 Å². The number of thiazole rings is 1. The van der Waals surface area contributed by atoms with Crippen LogP contribution in [0.15, 0.2) is 23.3 Å². The normalized spacial score (nSPS) is 12.8. The summed E-state index contributed by atoms with van der Waals surface area (Å²) in [6, 6.07) is 0.336. The molecule has 0 saturated carbocycles. The zero-order chi connectivity index (χ0) is 12.1. The molecule has 0 saturated heterocycles. The van der Waals surface area contributed by atoms with E-state index >= 15 is 0 Å². The smallest absolute Gasteiger partial charge is 0.108 e. The van der Waals surface area contributed by atoms with E-state index in [1.165, 1.54) is 0 Å². The number of imidazole rings is 1. The predicted octanol–water partition coefficient (Wildman–Crippen LogP) is 2.16. The van der Waals surface area contributed by atoms with Gasteiger partial charge < -0.3 is 9.88 Å². The zero-order valence-corrected chi connectivity index (χ0v) is 11.1. The van der Waals surface area contributed by atoms with Gasteiger partial charge in [-0.15, -0.1) is 11.3 Å². The first kappa shape index (κ1) is 12.3. The van der Waals surface area contributed by atoms with Crippen LogP contribution in [0.25, 0.3) is 0 Å². The van der Waals surface area contributed by atoms with Crippen LogP contribution < -0.4 is 5.32 Å². The van der Waals surface area contributed by atoms with Crippen molar-refractivity contribution >= 4 is 11.3 Å². The second-order valence-electron chi connectivity index (χ2n) is 4.02. The van der Waals surface area contributed by atoms with Crippen molar-refractivity contribution in [2.24, 2.45) is 7.05 Å². The molecule has 4 nitrogen and oxygen atoms in total. The van der Waals surface area contributed by atoms with E-state index in [1.807, 2.05) is 25.0 Å². The van der Waals surface area contributed by atoms with Crippen LogP contribution in [0.5, 0.6) is 0 Å². The first-order valence-corrected chi connectivity index (χ1v) is 6.83. The summed E-state index contributed by atoms with van der Waals surface area (Å²) < 4.78 is 2.07. The van der Waals surface area contributed by atoms with Crippen molar-refractivity contribution in [2.75, 3.05) is 6.54 Å². The lowest BCUT2D eigenvalue weighted by atomic mass is 10.1. The molecule has 0 spiro atoms. The van der Waals surface area contributed by atoms with Crippen LogP contribution in [-0.2, 0) is 13.5 Å². The molecule has 2 aromatic rings. The fraction of sp³-hybridized carbons (Fsp3) is 0.500. The maximum absolute atomic E-state index is 4.39. The lowest BCUT2D eigenvalue weighted by Crippen LogP contribution is -2.22. The van der Waals surface area contributed by atoms with Crippen molar-refractivity contribution in [2.45, 2.75) is 25.8 Å². The van der Waals surface area contributed by atoms with Crippen molar-refractivity contribution in [3.8, 4) is 0 Å². The predicted molar refractivity (Wildman–Crippen MR) is 70.1 cm³/mol. The quantitative estimate of drug-likeness (QED) is 0.854. The molecule has 5 heteroatoms. The van der Waals surface area contributed by atoms with Crippen LogP contribution in [0.1, 0.15) is 30.9 Å². The van der Waals surface area contributed by atoms with Gasteiger partial charge >= 0.3 is 0 Å². The summed E-state index contributed by atoms with van der Waals surface area (Å²) in [5.74, 6) is 1.13. The Morgan fingerprint density at radius 3 is 2.94 bits per heavy atom. The van der Waals surface area contributed by atoms with Crippen LogP contribution in [0.2, 0.25) is 0 Å². The van der Waals surface area contributed by atoms with Crippen LogP contribution in [0.4, 0.5) is 0 Å². The average molecular weight is 250 g/mol. The van der Waals surface area contributed by atoms with Gasteiger partial charge in [0.15, 0.2) is 0 Å². The SMILES string of the molecule is CCNC(CCc1nccn1C)c1cscn1. The lowest BCUT2D eigenvalue weighted by molar-refractivity contribution is 0.497. The van der Waals surface area contributed by atoms with Gasteiger partial charge in [-0.1, -0.05) is 6.92 Å². The molecule has 92 valence electrons. The Morgan fingerprint density at radius 1 is 1.47 bits per heavy atom. The Morgan fingerprint density at radius 2 is 2.35 bits per heavy atom. The minimum atomic E-state index is 0.336. The molecule has 0 aliphatic heterocycles. The van der Waals surface area contributed by atoms with Crippen LogP contribution in [0, 0.1) is 0 Å². The van der Waals surface area contributed by atoms with E-state index in [-0.39, 0.29) is 0 Å². The van der Waals surface area contributed by atoms with E-state index in [1.54, 1.807) is 11.3 Å². The largest absolute Gasteiger partial charge is 0.338 e. The van der Waals surface area contributed by atoms with E-state index in [0.717, 1.165) is 30.9 Å². The molecule has 2 aromatic heterocycles. The summed E-state index contributed by atoms with van der Waals surface area (Å²) in [6.07, 6.45) is 5.84. The number of hydrogen-bond donors (Lipinski definition) is 1. The molecule has 0 fully saturated rings. The molecular formula is C12H18N4S. The Balaban J connectivity index is 1.97. The van der Waals surface area contributed by atoms with E-state index in [4.69, 9.17) is 0 Å². The summed E-state index contributed by atoms with van der Waals surface area (Å²) in [6.45, 7) is 3.09. The van der Waals surface area contributed by atoms with E-state index < -0.39 is 0 Å². The zero-order valence-electron chi connectivity index (χ0n) is 10.3. The Labute approximate surface area is 106 Å². The average Bonchev–Trinajstić information content (AvgIpc) is 2.96. The summed E-state index contributed by atoms with van der Waals surface area (Å²) in [5.41, 5.74) is 3.03. The van der Waals surface area contributed by atoms with E-state index in [2.05, 4.69) is 32.2 Å². The maximum Gasteiger partial charge on any atom is 0.108 e. The Kier molecular flexibility index (Phi) is 4.28. The van der Waals surface area contributed by atoms with Gasteiger partial charge in [0.1, 0.15) is 5.82 Å². The molecule has 0 bridgehead atoms. The number of hydrogen-bond acceptors (Lipinski definition) is 4. The van der Waals surface area contributed by atoms with Gasteiger partial charge in [0.05, 0.1) is 17.2 Å². The number of nitrogens with one attached hydrogen (secondary N) is 1. The lowest BCUT2D eigenvalue weighted by Gasteiger charge is -2.15. The molecule has 2 rings (SSSR count). The summed E-state index contributed by atoms with van der Waals surface area (Å²) >= 11 is 1.65. The summed E-state index contributed by atoms with van der Waals surface area (Å²) in [5, 5.41) is 5.59. The van der Waals surface area contributed by atoms with Crippen molar-refractivity contribution in [1.82, 2.24) is 19.9 Å². The third kappa shape index (κ3) is 3.14. The van der Waals surface area contributed by atoms with E-state index in [0.29, 0.717) is 6.04 Å². The van der Waals surface area contributed by atoms with Crippen LogP contribution in [-0.4, -0.2) is 21.1 Å². The minimum Gasteiger partial charge on any atom is -0.338 e. The maximum atomic E-state index is 4.39. The number of aryl methyl sites for hydroxylation is 2. The molecule has 0 aliphatic rings. The highest BCUT2D eigenvalue weighted by Gasteiger charge is 2.13. The van der Waals surface area contributed by atoms with Gasteiger partial charge in [0, 0.05) is 31.2 Å². The van der Waals surface area contributed by atoms with Crippen molar-refractivity contribution in [3.63, 3.8) is 0 Å². The molecule has 2 heterocycles. The topological polar surface area (TPSA) is 42.7 Å². The van der Waals surface area contributed by atoms with Gasteiger partial charge in [0.25, 0.3) is 0 Å². The van der Waals surface area contributed by atoms with Gasteiger partial charge in [-0.05, 0) is 13.0 Å². The van der Waals surface area contributed by atoms with Crippen molar-refractivity contribution in [1.29, 1.82) is 0 Å². The number of aromatic nitrogens is 3. The molecule has 0 aliphatic carbocycles. The van der Waals surface area contributed by atoms with E-state index in [9.17, 15) is 0 Å². The van der Waals surface area contributed by atoms with Gasteiger partial charge in [-0.3, -0.25) is 0 Å². The first-order valence-electron chi connectivity index (χ1n) is 5.89. The highest BCUT2D eigenvalue weighted by Crippen LogP contribution is 2.18. The Bertz CT molecular complexity index is 435. The third-order valence-electron chi connectivity index (χ3n) is 2.84. The minimum absolute atomic E-state index is 0.336. The standard InChI is InChI=1S/C12H18N4S/c1-3-13-10(11-8-17-9-15-11)4-5-12-14-6-7-16(12)2/h6-10,13H,3-5H2,1-2H3. The fourth-order valence-electron chi connectivity index (χ4n) is 1.91. The monoisotopic (exact) mass is 250 g/mol. The van der Waals surface area contributed by atoms with Gasteiger partial charge in [0.2, 0.25) is 0 Å². The summed E-state index contributed by atoms with van der Waals surface area (Å²) in [7, 11) is 2.04. The van der Waals surface area contributed by atoms with Crippen LogP contribution >= 0.6 is 11.3 Å². The molecule has 0 radical (unpaired) electrons. The van der Waals surface area contributed by atoms with Gasteiger partial charge in [-0.2, -0.15) is 0 Å². The molecule has 17 heavy (non-hydrogen) atoms. The molecule has 0 aromatic carbocycles. The molecule has 1 unspecified atom stereocenters. The third-order valence-corrected chi connectivity index (χ3v) is 3.44. The first-order chi connectivity index (χ1) is 8.31. The molecule has 1 N–H and O–H groups in total. The fourth-order valence-corrected chi connectivity index (χ4v) is 2.51. The van der Waals surface area contributed by atoms with Crippen LogP contribution in [0.3, 0.4) is 0 Å². The van der Waals surface area contributed by atoms with Crippen molar-refractivity contribution in [3.05, 3.63) is 34.8 Å². The Hall–Kier alpha value is -1.20. The highest BCUT2D eigenvalue weighted by molar-refractivity contribution is 7.07. The second kappa shape index (κ2) is 5.93. The summed E-state index contributed by atoms with van der Waals surface area (Å²) in [4.78, 5) is 8.73. The molecular weight excluding hydrogens is 232 g/mol. The second-order valence-corrected chi connectivity index (χ2v) is 4.74. The highest BCUT2D eigenvalue weighted by atomic mass is 32.1. The number of nitrogens with zero attached hydrogens (tertiary/aromatic N) is 3.